The van der Waals surface area contributed by atoms with Gasteiger partial charge in [0.15, 0.2) is 0 Å². The van der Waals surface area contributed by atoms with E-state index in [1.807, 2.05) is 0 Å². The van der Waals surface area contributed by atoms with E-state index in [9.17, 15) is 14.9 Å². The number of H-pyrrole nitrogens is 1. The number of rotatable bonds is 3. The van der Waals surface area contributed by atoms with Crippen molar-refractivity contribution in [3.63, 3.8) is 0 Å². The summed E-state index contributed by atoms with van der Waals surface area (Å²) in [7, 11) is 0. The van der Waals surface area contributed by atoms with E-state index >= 15 is 0 Å². The fourth-order valence-electron chi connectivity index (χ4n) is 1.60. The highest BCUT2D eigenvalue weighted by atomic mass is 16.6. The van der Waals surface area contributed by atoms with Gasteiger partial charge in [-0.1, -0.05) is 12.1 Å². The molecule has 0 saturated carbocycles. The first-order chi connectivity index (χ1) is 8.59. The molecule has 1 aromatic heterocycles. The second-order valence-electron chi connectivity index (χ2n) is 3.67. The molecule has 0 bridgehead atoms. The van der Waals surface area contributed by atoms with Gasteiger partial charge in [0.1, 0.15) is 5.56 Å². The number of aromatic nitrogens is 2. The number of carbonyl (C=O) groups excluding carboxylic acids is 1. The van der Waals surface area contributed by atoms with Crippen molar-refractivity contribution < 1.29 is 9.72 Å². The minimum atomic E-state index is -0.556. The molecule has 1 heterocycles. The minimum Gasteiger partial charge on any atom is -0.319 e. The first-order valence-electron chi connectivity index (χ1n) is 5.13. The molecule has 2 rings (SSSR count). The van der Waals surface area contributed by atoms with Crippen LogP contribution >= 0.6 is 0 Å². The molecule has 0 aliphatic rings. The average molecular weight is 246 g/mol. The number of hydrogen-bond acceptors (Lipinski definition) is 4. The Bertz CT molecular complexity index is 592. The predicted octanol–water partition coefficient (Wildman–Crippen LogP) is 1.88. The van der Waals surface area contributed by atoms with E-state index in [1.54, 1.807) is 19.1 Å². The molecule has 0 aliphatic heterocycles. The smallest absolute Gasteiger partial charge is 0.285 e. The molecule has 0 aliphatic carbocycles. The van der Waals surface area contributed by atoms with Gasteiger partial charge in [-0.3, -0.25) is 20.0 Å². The minimum absolute atomic E-state index is 0.0289. The van der Waals surface area contributed by atoms with Crippen molar-refractivity contribution >= 4 is 17.3 Å². The Labute approximate surface area is 102 Å². The lowest BCUT2D eigenvalue weighted by Gasteiger charge is -2.05. The summed E-state index contributed by atoms with van der Waals surface area (Å²) in [6, 6.07) is 4.61. The summed E-state index contributed by atoms with van der Waals surface area (Å²) < 4.78 is 0. The Balaban J connectivity index is 2.36. The fourth-order valence-corrected chi connectivity index (χ4v) is 1.60. The third-order valence-electron chi connectivity index (χ3n) is 2.42. The van der Waals surface area contributed by atoms with Gasteiger partial charge in [0.25, 0.3) is 11.6 Å². The number of nitrogens with one attached hydrogen (secondary N) is 2. The highest BCUT2D eigenvalue weighted by Gasteiger charge is 2.22. The molecular weight excluding hydrogens is 236 g/mol. The zero-order chi connectivity index (χ0) is 13.1. The van der Waals surface area contributed by atoms with Gasteiger partial charge in [-0.25, -0.2) is 0 Å². The Morgan fingerprint density at radius 2 is 2.28 bits per heavy atom. The molecule has 7 nitrogen and oxygen atoms in total. The Morgan fingerprint density at radius 3 is 2.89 bits per heavy atom. The number of benzene rings is 1. The highest BCUT2D eigenvalue weighted by molar-refractivity contribution is 6.07. The second-order valence-corrected chi connectivity index (χ2v) is 3.67. The van der Waals surface area contributed by atoms with E-state index in [0.29, 0.717) is 11.3 Å². The molecule has 2 aromatic rings. The van der Waals surface area contributed by atoms with Gasteiger partial charge in [0.2, 0.25) is 0 Å². The first kappa shape index (κ1) is 11.8. The average Bonchev–Trinajstić information content (AvgIpc) is 2.80. The van der Waals surface area contributed by atoms with Crippen LogP contribution in [0.1, 0.15) is 15.9 Å². The van der Waals surface area contributed by atoms with E-state index in [2.05, 4.69) is 15.5 Å². The molecule has 1 amide bonds. The Morgan fingerprint density at radius 1 is 1.50 bits per heavy atom. The zero-order valence-electron chi connectivity index (χ0n) is 9.51. The molecule has 0 spiro atoms. The van der Waals surface area contributed by atoms with Gasteiger partial charge in [-0.05, 0) is 13.0 Å². The fraction of sp³-hybridized carbons (Fsp3) is 0.0909. The number of anilines is 1. The maximum atomic E-state index is 11.9. The number of carbonyl (C=O) groups is 1. The van der Waals surface area contributed by atoms with Crippen LogP contribution in [-0.4, -0.2) is 21.0 Å². The molecule has 0 saturated heterocycles. The van der Waals surface area contributed by atoms with Gasteiger partial charge in [0, 0.05) is 11.8 Å². The SMILES string of the molecule is Cc1cccc(C(=O)Nc2cn[nH]c2)c1[N+](=O)[O-]. The molecular formula is C11H10N4O3. The zero-order valence-corrected chi connectivity index (χ0v) is 9.51. The number of aryl methyl sites for hydroxylation is 1. The standard InChI is InChI=1S/C11H10N4O3/c1-7-3-2-4-9(10(7)15(17)18)11(16)14-8-5-12-13-6-8/h2-6H,1H3,(H,12,13)(H,14,16). The van der Waals surface area contributed by atoms with Gasteiger partial charge in [-0.2, -0.15) is 5.10 Å². The van der Waals surface area contributed by atoms with Crippen LogP contribution in [0.2, 0.25) is 0 Å². The number of nitrogens with zero attached hydrogens (tertiary/aromatic N) is 2. The first-order valence-corrected chi connectivity index (χ1v) is 5.13. The molecule has 7 heteroatoms. The van der Waals surface area contributed by atoms with E-state index in [4.69, 9.17) is 0 Å². The highest BCUT2D eigenvalue weighted by Crippen LogP contribution is 2.23. The summed E-state index contributed by atoms with van der Waals surface area (Å²) in [6.45, 7) is 1.59. The molecule has 0 atom stereocenters. The number of aromatic amines is 1. The molecule has 0 radical (unpaired) electrons. The van der Waals surface area contributed by atoms with Gasteiger partial charge >= 0.3 is 0 Å². The van der Waals surface area contributed by atoms with E-state index in [1.165, 1.54) is 18.5 Å². The van der Waals surface area contributed by atoms with Crippen molar-refractivity contribution in [2.24, 2.45) is 0 Å². The van der Waals surface area contributed by atoms with Crippen LogP contribution < -0.4 is 5.32 Å². The maximum Gasteiger partial charge on any atom is 0.285 e. The Kier molecular flexibility index (Phi) is 3.05. The number of para-hydroxylation sites is 1. The summed E-state index contributed by atoms with van der Waals surface area (Å²) in [5.41, 5.74) is 0.746. The van der Waals surface area contributed by atoms with Crippen LogP contribution in [-0.2, 0) is 0 Å². The maximum absolute atomic E-state index is 11.9. The summed E-state index contributed by atoms with van der Waals surface area (Å²) in [4.78, 5) is 22.3. The molecule has 1 aromatic carbocycles. The topological polar surface area (TPSA) is 101 Å². The quantitative estimate of drug-likeness (QED) is 0.637. The largest absolute Gasteiger partial charge is 0.319 e. The molecule has 92 valence electrons. The molecule has 0 unspecified atom stereocenters. The number of nitro benzene ring substituents is 1. The van der Waals surface area contributed by atoms with E-state index in [-0.39, 0.29) is 11.3 Å². The van der Waals surface area contributed by atoms with Crippen molar-refractivity contribution in [2.75, 3.05) is 5.32 Å². The van der Waals surface area contributed by atoms with Gasteiger partial charge in [0.05, 0.1) is 16.8 Å². The number of nitro groups is 1. The lowest BCUT2D eigenvalue weighted by Crippen LogP contribution is -2.14. The van der Waals surface area contributed by atoms with Crippen molar-refractivity contribution in [2.45, 2.75) is 6.92 Å². The lowest BCUT2D eigenvalue weighted by molar-refractivity contribution is -0.385. The third kappa shape index (κ3) is 2.19. The van der Waals surface area contributed by atoms with Crippen LogP contribution in [0.5, 0.6) is 0 Å². The van der Waals surface area contributed by atoms with Crippen molar-refractivity contribution in [3.8, 4) is 0 Å². The lowest BCUT2D eigenvalue weighted by atomic mass is 10.1. The van der Waals surface area contributed by atoms with E-state index in [0.717, 1.165) is 0 Å². The number of amides is 1. The van der Waals surface area contributed by atoms with Crippen LogP contribution in [0.4, 0.5) is 11.4 Å². The monoisotopic (exact) mass is 246 g/mol. The van der Waals surface area contributed by atoms with Crippen LogP contribution in [0.15, 0.2) is 30.6 Å². The molecule has 18 heavy (non-hydrogen) atoms. The summed E-state index contributed by atoms with van der Waals surface area (Å²) in [6.07, 6.45) is 2.90. The van der Waals surface area contributed by atoms with Gasteiger partial charge in [-0.15, -0.1) is 0 Å². The van der Waals surface area contributed by atoms with Crippen molar-refractivity contribution in [3.05, 3.63) is 51.8 Å². The van der Waals surface area contributed by atoms with Crippen LogP contribution in [0, 0.1) is 17.0 Å². The summed E-state index contributed by atoms with van der Waals surface area (Å²) >= 11 is 0. The Hall–Kier alpha value is -2.70. The predicted molar refractivity (Wildman–Crippen MR) is 64.4 cm³/mol. The summed E-state index contributed by atoms with van der Waals surface area (Å²) in [5, 5.41) is 19.7. The normalized spacial score (nSPS) is 10.1. The number of hydrogen-bond donors (Lipinski definition) is 2. The van der Waals surface area contributed by atoms with E-state index < -0.39 is 10.8 Å². The third-order valence-corrected chi connectivity index (χ3v) is 2.42. The van der Waals surface area contributed by atoms with Gasteiger partial charge < -0.3 is 5.32 Å². The second kappa shape index (κ2) is 4.66. The van der Waals surface area contributed by atoms with Crippen LogP contribution in [0.25, 0.3) is 0 Å². The summed E-state index contributed by atoms with van der Waals surface area (Å²) in [5.74, 6) is -0.535. The van der Waals surface area contributed by atoms with Crippen molar-refractivity contribution in [1.82, 2.24) is 10.2 Å². The molecule has 0 fully saturated rings. The van der Waals surface area contributed by atoms with Crippen molar-refractivity contribution in [1.29, 1.82) is 0 Å². The molecule has 2 N–H and O–H groups in total. The van der Waals surface area contributed by atoms with Crippen LogP contribution in [0.3, 0.4) is 0 Å².